The summed E-state index contributed by atoms with van der Waals surface area (Å²) in [5, 5.41) is 9.18. The van der Waals surface area contributed by atoms with Gasteiger partial charge in [-0.2, -0.15) is 0 Å². The maximum absolute atomic E-state index is 11.0. The number of benzene rings is 1. The van der Waals surface area contributed by atoms with Crippen molar-refractivity contribution in [2.45, 2.75) is 20.1 Å². The van der Waals surface area contributed by atoms with E-state index < -0.39 is 5.97 Å². The van der Waals surface area contributed by atoms with Crippen LogP contribution in [-0.2, 0) is 13.2 Å². The van der Waals surface area contributed by atoms with Gasteiger partial charge in [0.2, 0.25) is 0 Å². The summed E-state index contributed by atoms with van der Waals surface area (Å²) in [6, 6.07) is 2.70. The van der Waals surface area contributed by atoms with Crippen molar-refractivity contribution in [2.24, 2.45) is 0 Å². The molecule has 112 valence electrons. The highest BCUT2D eigenvalue weighted by Gasteiger charge is 2.16. The van der Waals surface area contributed by atoms with Gasteiger partial charge >= 0.3 is 5.97 Å². The number of aryl methyl sites for hydroxylation is 1. The van der Waals surface area contributed by atoms with Crippen LogP contribution in [0.3, 0.4) is 0 Å². The number of nitrogens with zero attached hydrogens (tertiary/aromatic N) is 2. The molecule has 0 saturated heterocycles. The second-order valence-corrected chi connectivity index (χ2v) is 4.62. The Morgan fingerprint density at radius 2 is 2.24 bits per heavy atom. The number of aromatic carboxylic acids is 1. The second kappa shape index (κ2) is 6.49. The Labute approximate surface area is 126 Å². The van der Waals surface area contributed by atoms with Gasteiger partial charge in [0.05, 0.1) is 17.7 Å². The first-order valence-electron chi connectivity index (χ1n) is 6.30. The standard InChI is InChI=1S/C14H15ClN2O4/c1-3-17-5-4-16-12(17)8-21-13-10(15)6-9(14(18)19)7-11(13)20-2/h4-7H,3,8H2,1-2H3,(H,18,19). The van der Waals surface area contributed by atoms with Crippen LogP contribution in [0, 0.1) is 0 Å². The van der Waals surface area contributed by atoms with Gasteiger partial charge in [0, 0.05) is 18.9 Å². The number of hydrogen-bond donors (Lipinski definition) is 1. The van der Waals surface area contributed by atoms with Crippen LogP contribution in [0.5, 0.6) is 11.5 Å². The lowest BCUT2D eigenvalue weighted by molar-refractivity contribution is 0.0696. The number of rotatable bonds is 6. The second-order valence-electron chi connectivity index (χ2n) is 4.21. The molecule has 0 atom stereocenters. The molecule has 2 rings (SSSR count). The van der Waals surface area contributed by atoms with Gasteiger partial charge < -0.3 is 19.1 Å². The van der Waals surface area contributed by atoms with Crippen LogP contribution in [0.25, 0.3) is 0 Å². The van der Waals surface area contributed by atoms with Gasteiger partial charge in [-0.1, -0.05) is 11.6 Å². The fraction of sp³-hybridized carbons (Fsp3) is 0.286. The highest BCUT2D eigenvalue weighted by Crippen LogP contribution is 2.36. The number of imidazole rings is 1. The molecule has 0 spiro atoms. The van der Waals surface area contributed by atoms with E-state index in [9.17, 15) is 4.79 Å². The Balaban J connectivity index is 2.25. The van der Waals surface area contributed by atoms with Crippen LogP contribution < -0.4 is 9.47 Å². The Morgan fingerprint density at radius 1 is 1.48 bits per heavy atom. The first-order valence-corrected chi connectivity index (χ1v) is 6.68. The highest BCUT2D eigenvalue weighted by atomic mass is 35.5. The average molecular weight is 311 g/mol. The molecule has 1 N–H and O–H groups in total. The molecule has 0 amide bonds. The molecular formula is C14H15ClN2O4. The number of carboxylic acid groups (broad SMARTS) is 1. The van der Waals surface area contributed by atoms with Crippen molar-refractivity contribution in [1.29, 1.82) is 0 Å². The number of ether oxygens (including phenoxy) is 2. The molecule has 0 saturated carbocycles. The van der Waals surface area contributed by atoms with Crippen molar-refractivity contribution in [3.05, 3.63) is 40.9 Å². The summed E-state index contributed by atoms with van der Waals surface area (Å²) >= 11 is 6.08. The molecule has 0 aliphatic carbocycles. The van der Waals surface area contributed by atoms with Gasteiger partial charge in [0.15, 0.2) is 11.5 Å². The summed E-state index contributed by atoms with van der Waals surface area (Å²) < 4.78 is 12.7. The maximum Gasteiger partial charge on any atom is 0.335 e. The fourth-order valence-electron chi connectivity index (χ4n) is 1.89. The molecular weight excluding hydrogens is 296 g/mol. The van der Waals surface area contributed by atoms with E-state index in [1.54, 1.807) is 6.20 Å². The molecule has 7 heteroatoms. The number of carbonyl (C=O) groups is 1. The van der Waals surface area contributed by atoms with Crippen molar-refractivity contribution in [3.63, 3.8) is 0 Å². The minimum atomic E-state index is -1.08. The average Bonchev–Trinajstić information content (AvgIpc) is 2.92. The SMILES string of the molecule is CCn1ccnc1COc1c(Cl)cc(C(=O)O)cc1OC. The van der Waals surface area contributed by atoms with E-state index in [0.717, 1.165) is 12.4 Å². The van der Waals surface area contributed by atoms with Gasteiger partial charge in [-0.25, -0.2) is 9.78 Å². The van der Waals surface area contributed by atoms with E-state index in [2.05, 4.69) is 4.98 Å². The van der Waals surface area contributed by atoms with E-state index in [1.807, 2.05) is 17.7 Å². The first kappa shape index (κ1) is 15.2. The van der Waals surface area contributed by atoms with Crippen LogP contribution in [0.1, 0.15) is 23.1 Å². The van der Waals surface area contributed by atoms with E-state index in [1.165, 1.54) is 19.2 Å². The van der Waals surface area contributed by atoms with Crippen molar-refractivity contribution < 1.29 is 19.4 Å². The number of methoxy groups -OCH3 is 1. The van der Waals surface area contributed by atoms with Crippen molar-refractivity contribution in [1.82, 2.24) is 9.55 Å². The van der Waals surface area contributed by atoms with Crippen LogP contribution in [0.4, 0.5) is 0 Å². The molecule has 6 nitrogen and oxygen atoms in total. The monoisotopic (exact) mass is 310 g/mol. The summed E-state index contributed by atoms with van der Waals surface area (Å²) in [5.41, 5.74) is 0.0410. The van der Waals surface area contributed by atoms with E-state index in [-0.39, 0.29) is 22.9 Å². The Kier molecular flexibility index (Phi) is 4.70. The van der Waals surface area contributed by atoms with Gasteiger partial charge in [-0.05, 0) is 19.1 Å². The third-order valence-corrected chi connectivity index (χ3v) is 3.25. The Bertz CT molecular complexity index is 654. The third-order valence-electron chi connectivity index (χ3n) is 2.96. The van der Waals surface area contributed by atoms with Gasteiger partial charge in [-0.3, -0.25) is 0 Å². The van der Waals surface area contributed by atoms with Crippen LogP contribution in [0.15, 0.2) is 24.5 Å². The lowest BCUT2D eigenvalue weighted by Gasteiger charge is -2.13. The van der Waals surface area contributed by atoms with Crippen LogP contribution in [-0.4, -0.2) is 27.7 Å². The Morgan fingerprint density at radius 3 is 2.86 bits per heavy atom. The third kappa shape index (κ3) is 3.28. The first-order chi connectivity index (χ1) is 10.1. The lowest BCUT2D eigenvalue weighted by Crippen LogP contribution is -2.07. The van der Waals surface area contributed by atoms with Crippen molar-refractivity contribution in [2.75, 3.05) is 7.11 Å². The molecule has 0 aliphatic heterocycles. The van der Waals surface area contributed by atoms with E-state index in [0.29, 0.717) is 5.75 Å². The van der Waals surface area contributed by atoms with E-state index >= 15 is 0 Å². The molecule has 0 fully saturated rings. The normalized spacial score (nSPS) is 10.4. The molecule has 2 aromatic rings. The Hall–Kier alpha value is -2.21. The number of hydrogen-bond acceptors (Lipinski definition) is 4. The maximum atomic E-state index is 11.0. The van der Waals surface area contributed by atoms with Crippen LogP contribution in [0.2, 0.25) is 5.02 Å². The fourth-order valence-corrected chi connectivity index (χ4v) is 2.15. The topological polar surface area (TPSA) is 73.6 Å². The predicted molar refractivity (Wildman–Crippen MR) is 77.2 cm³/mol. The summed E-state index contributed by atoms with van der Waals surface area (Å²) in [4.78, 5) is 15.2. The molecule has 0 unspecified atom stereocenters. The highest BCUT2D eigenvalue weighted by molar-refractivity contribution is 6.32. The summed E-state index contributed by atoms with van der Waals surface area (Å²) in [6.07, 6.45) is 3.54. The number of carboxylic acids is 1. The minimum Gasteiger partial charge on any atom is -0.493 e. The van der Waals surface area contributed by atoms with Gasteiger partial charge in [0.1, 0.15) is 12.4 Å². The molecule has 1 aromatic carbocycles. The quantitative estimate of drug-likeness (QED) is 0.888. The van der Waals surface area contributed by atoms with E-state index in [4.69, 9.17) is 26.2 Å². The zero-order chi connectivity index (χ0) is 15.4. The minimum absolute atomic E-state index is 0.0410. The zero-order valence-electron chi connectivity index (χ0n) is 11.7. The van der Waals surface area contributed by atoms with Crippen LogP contribution >= 0.6 is 11.6 Å². The number of halogens is 1. The summed E-state index contributed by atoms with van der Waals surface area (Å²) in [5.74, 6) is 0.241. The molecule has 1 aromatic heterocycles. The zero-order valence-corrected chi connectivity index (χ0v) is 12.4. The molecule has 1 heterocycles. The van der Waals surface area contributed by atoms with Gasteiger partial charge in [-0.15, -0.1) is 0 Å². The number of aromatic nitrogens is 2. The molecule has 0 bridgehead atoms. The summed E-state index contributed by atoms with van der Waals surface area (Å²) in [7, 11) is 1.43. The smallest absolute Gasteiger partial charge is 0.335 e. The molecule has 0 aliphatic rings. The van der Waals surface area contributed by atoms with Gasteiger partial charge in [0.25, 0.3) is 0 Å². The lowest BCUT2D eigenvalue weighted by atomic mass is 10.2. The predicted octanol–water partition coefficient (Wildman–Crippen LogP) is 2.84. The largest absolute Gasteiger partial charge is 0.493 e. The van der Waals surface area contributed by atoms with Crippen molar-refractivity contribution in [3.8, 4) is 11.5 Å². The summed E-state index contributed by atoms with van der Waals surface area (Å²) in [6.45, 7) is 2.99. The van der Waals surface area contributed by atoms with Crippen molar-refractivity contribution >= 4 is 17.6 Å². The molecule has 0 radical (unpaired) electrons. The molecule has 21 heavy (non-hydrogen) atoms.